The summed E-state index contributed by atoms with van der Waals surface area (Å²) >= 11 is 15.3. The fraction of sp³-hybridized carbons (Fsp3) is 0.200. The van der Waals surface area contributed by atoms with Crippen molar-refractivity contribution in [3.8, 4) is 11.8 Å². The first-order valence-corrected chi connectivity index (χ1v) is 8.51. The highest BCUT2D eigenvalue weighted by Crippen LogP contribution is 2.31. The largest absolute Gasteiger partial charge is 0.395 e. The van der Waals surface area contributed by atoms with Crippen LogP contribution in [0.15, 0.2) is 35.2 Å². The van der Waals surface area contributed by atoms with Crippen molar-refractivity contribution in [2.75, 3.05) is 6.61 Å². The standard InChI is InChI=1S/C15H12Cl2OS2/c16-14-7-6-12(9-15(14)17)19-10-13-5-4-11(20-13)3-1-2-8-18/h4-7,9,18H,2,8,10H2. The van der Waals surface area contributed by atoms with E-state index in [1.165, 1.54) is 4.88 Å². The molecule has 0 atom stereocenters. The number of aliphatic hydroxyl groups excluding tert-OH is 1. The Morgan fingerprint density at radius 2 is 2.00 bits per heavy atom. The van der Waals surface area contributed by atoms with Crippen LogP contribution >= 0.6 is 46.3 Å². The SMILES string of the molecule is OCCC#Cc1ccc(CSc2ccc(Cl)c(Cl)c2)s1. The van der Waals surface area contributed by atoms with Crippen molar-refractivity contribution in [3.05, 3.63) is 50.1 Å². The summed E-state index contributed by atoms with van der Waals surface area (Å²) < 4.78 is 0. The van der Waals surface area contributed by atoms with Crippen LogP contribution < -0.4 is 0 Å². The van der Waals surface area contributed by atoms with Crippen molar-refractivity contribution in [1.82, 2.24) is 0 Å². The van der Waals surface area contributed by atoms with E-state index in [1.54, 1.807) is 23.1 Å². The van der Waals surface area contributed by atoms with E-state index >= 15 is 0 Å². The molecule has 0 aliphatic rings. The molecular formula is C15H12Cl2OS2. The van der Waals surface area contributed by atoms with Gasteiger partial charge in [-0.15, -0.1) is 23.1 Å². The van der Waals surface area contributed by atoms with E-state index in [9.17, 15) is 0 Å². The molecule has 2 rings (SSSR count). The van der Waals surface area contributed by atoms with Crippen LogP contribution in [0.5, 0.6) is 0 Å². The van der Waals surface area contributed by atoms with Gasteiger partial charge in [0.25, 0.3) is 0 Å². The summed E-state index contributed by atoms with van der Waals surface area (Å²) in [6.07, 6.45) is 0.519. The molecule has 0 aliphatic heterocycles. The first-order valence-electron chi connectivity index (χ1n) is 5.95. The lowest BCUT2D eigenvalue weighted by molar-refractivity contribution is 0.305. The molecule has 20 heavy (non-hydrogen) atoms. The van der Waals surface area contributed by atoms with E-state index < -0.39 is 0 Å². The third-order valence-corrected chi connectivity index (χ3v) is 5.35. The summed E-state index contributed by atoms with van der Waals surface area (Å²) in [6, 6.07) is 9.75. The Balaban J connectivity index is 1.94. The van der Waals surface area contributed by atoms with E-state index in [0.29, 0.717) is 16.5 Å². The van der Waals surface area contributed by atoms with Gasteiger partial charge in [0, 0.05) is 21.9 Å². The van der Waals surface area contributed by atoms with Gasteiger partial charge in [0.1, 0.15) is 0 Å². The number of halogens is 2. The van der Waals surface area contributed by atoms with Gasteiger partial charge in [-0.05, 0) is 30.3 Å². The van der Waals surface area contributed by atoms with Gasteiger partial charge in [-0.3, -0.25) is 0 Å². The molecule has 5 heteroatoms. The molecule has 0 unspecified atom stereocenters. The Kier molecular flexibility index (Phi) is 6.28. The van der Waals surface area contributed by atoms with Crippen molar-refractivity contribution in [1.29, 1.82) is 0 Å². The Hall–Kier alpha value is -0.630. The van der Waals surface area contributed by atoms with Crippen molar-refractivity contribution in [2.24, 2.45) is 0 Å². The highest BCUT2D eigenvalue weighted by Gasteiger charge is 2.03. The minimum atomic E-state index is 0.110. The van der Waals surface area contributed by atoms with Crippen LogP contribution in [0, 0.1) is 11.8 Å². The molecule has 1 aromatic heterocycles. The lowest BCUT2D eigenvalue weighted by atomic mass is 10.4. The van der Waals surface area contributed by atoms with Crippen molar-refractivity contribution in [2.45, 2.75) is 17.1 Å². The maximum absolute atomic E-state index is 8.68. The van der Waals surface area contributed by atoms with Crippen LogP contribution in [-0.2, 0) is 5.75 Å². The van der Waals surface area contributed by atoms with Crippen LogP contribution in [0.2, 0.25) is 10.0 Å². The van der Waals surface area contributed by atoms with Gasteiger partial charge in [-0.2, -0.15) is 0 Å². The Bertz CT molecular complexity index is 641. The molecule has 1 heterocycles. The molecule has 2 aromatic rings. The Morgan fingerprint density at radius 1 is 1.15 bits per heavy atom. The molecule has 104 valence electrons. The number of hydrogen-bond acceptors (Lipinski definition) is 3. The third kappa shape index (κ3) is 4.73. The van der Waals surface area contributed by atoms with E-state index in [-0.39, 0.29) is 6.61 Å². The molecule has 0 radical (unpaired) electrons. The molecule has 0 aliphatic carbocycles. The molecule has 0 amide bonds. The van der Waals surface area contributed by atoms with Gasteiger partial charge < -0.3 is 5.11 Å². The minimum absolute atomic E-state index is 0.110. The average molecular weight is 343 g/mol. The van der Waals surface area contributed by atoms with E-state index in [1.807, 2.05) is 24.3 Å². The second-order valence-electron chi connectivity index (χ2n) is 3.91. The minimum Gasteiger partial charge on any atom is -0.395 e. The predicted molar refractivity (Wildman–Crippen MR) is 88.9 cm³/mol. The quantitative estimate of drug-likeness (QED) is 0.617. The molecule has 0 bridgehead atoms. The summed E-state index contributed by atoms with van der Waals surface area (Å²) in [7, 11) is 0. The van der Waals surface area contributed by atoms with Crippen LogP contribution in [-0.4, -0.2) is 11.7 Å². The number of thiophene rings is 1. The summed E-state index contributed by atoms with van der Waals surface area (Å²) in [5.74, 6) is 6.84. The average Bonchev–Trinajstić information content (AvgIpc) is 2.88. The van der Waals surface area contributed by atoms with Crippen LogP contribution in [0.4, 0.5) is 0 Å². The summed E-state index contributed by atoms with van der Waals surface area (Å²) in [5.41, 5.74) is 0. The number of thioether (sulfide) groups is 1. The third-order valence-electron chi connectivity index (χ3n) is 2.38. The number of aliphatic hydroxyl groups is 1. The van der Waals surface area contributed by atoms with E-state index in [0.717, 1.165) is 15.5 Å². The normalized spacial score (nSPS) is 10.2. The molecule has 0 saturated carbocycles. The summed E-state index contributed by atoms with van der Waals surface area (Å²) in [4.78, 5) is 3.39. The summed E-state index contributed by atoms with van der Waals surface area (Å²) in [5, 5.41) is 9.84. The van der Waals surface area contributed by atoms with Crippen LogP contribution in [0.25, 0.3) is 0 Å². The topological polar surface area (TPSA) is 20.2 Å². The van der Waals surface area contributed by atoms with Crippen LogP contribution in [0.3, 0.4) is 0 Å². The second kappa shape index (κ2) is 7.97. The monoisotopic (exact) mass is 342 g/mol. The second-order valence-corrected chi connectivity index (χ2v) is 6.94. The first kappa shape index (κ1) is 15.8. The van der Waals surface area contributed by atoms with Gasteiger partial charge in [-0.25, -0.2) is 0 Å². The Labute approximate surface area is 136 Å². The number of benzene rings is 1. The smallest absolute Gasteiger partial charge is 0.0771 e. The fourth-order valence-corrected chi connectivity index (χ4v) is 3.67. The molecule has 0 saturated heterocycles. The fourth-order valence-electron chi connectivity index (χ4n) is 1.45. The zero-order valence-electron chi connectivity index (χ0n) is 10.5. The highest BCUT2D eigenvalue weighted by atomic mass is 35.5. The highest BCUT2D eigenvalue weighted by molar-refractivity contribution is 7.98. The molecule has 0 fully saturated rings. The van der Waals surface area contributed by atoms with Gasteiger partial charge in [0.15, 0.2) is 0 Å². The lowest BCUT2D eigenvalue weighted by Crippen LogP contribution is -1.76. The predicted octanol–water partition coefficient (Wildman–Crippen LogP) is 5.08. The van der Waals surface area contributed by atoms with E-state index in [2.05, 4.69) is 17.9 Å². The van der Waals surface area contributed by atoms with Crippen molar-refractivity contribution >= 4 is 46.3 Å². The van der Waals surface area contributed by atoms with E-state index in [4.69, 9.17) is 28.3 Å². The number of rotatable bonds is 4. The molecule has 1 nitrogen and oxygen atoms in total. The van der Waals surface area contributed by atoms with Crippen molar-refractivity contribution < 1.29 is 5.11 Å². The zero-order chi connectivity index (χ0) is 14.4. The van der Waals surface area contributed by atoms with Gasteiger partial charge >= 0.3 is 0 Å². The number of hydrogen-bond donors (Lipinski definition) is 1. The van der Waals surface area contributed by atoms with Gasteiger partial charge in [0.2, 0.25) is 0 Å². The van der Waals surface area contributed by atoms with Gasteiger partial charge in [0.05, 0.1) is 21.5 Å². The maximum atomic E-state index is 8.68. The first-order chi connectivity index (χ1) is 9.69. The Morgan fingerprint density at radius 3 is 2.75 bits per heavy atom. The molecule has 1 aromatic carbocycles. The zero-order valence-corrected chi connectivity index (χ0v) is 13.7. The molecule has 1 N–H and O–H groups in total. The summed E-state index contributed by atoms with van der Waals surface area (Å²) in [6.45, 7) is 0.110. The van der Waals surface area contributed by atoms with Crippen molar-refractivity contribution in [3.63, 3.8) is 0 Å². The van der Waals surface area contributed by atoms with Crippen LogP contribution in [0.1, 0.15) is 16.2 Å². The maximum Gasteiger partial charge on any atom is 0.0771 e. The molecule has 0 spiro atoms. The lowest BCUT2D eigenvalue weighted by Gasteiger charge is -2.01. The van der Waals surface area contributed by atoms with Gasteiger partial charge in [-0.1, -0.05) is 35.0 Å². The molecular weight excluding hydrogens is 331 g/mol.